The minimum Gasteiger partial charge on any atom is -0.473 e. The van der Waals surface area contributed by atoms with Gasteiger partial charge in [-0.2, -0.15) is 0 Å². The van der Waals surface area contributed by atoms with Crippen LogP contribution >= 0.6 is 15.9 Å². The van der Waals surface area contributed by atoms with Gasteiger partial charge in [-0.15, -0.1) is 0 Å². The van der Waals surface area contributed by atoms with Crippen molar-refractivity contribution in [3.63, 3.8) is 0 Å². The quantitative estimate of drug-likeness (QED) is 0.659. The van der Waals surface area contributed by atoms with Crippen molar-refractivity contribution in [1.29, 1.82) is 0 Å². The van der Waals surface area contributed by atoms with Crippen LogP contribution in [0.1, 0.15) is 24.0 Å². The van der Waals surface area contributed by atoms with Gasteiger partial charge in [0.2, 0.25) is 0 Å². The number of benzene rings is 2. The number of carboxylic acid groups (broad SMARTS) is 2. The highest BCUT2D eigenvalue weighted by Crippen LogP contribution is 2.20. The van der Waals surface area contributed by atoms with Crippen molar-refractivity contribution < 1.29 is 19.8 Å². The van der Waals surface area contributed by atoms with Crippen molar-refractivity contribution in [3.05, 3.63) is 70.2 Å². The zero-order valence-electron chi connectivity index (χ0n) is 16.5. The molecule has 0 spiro atoms. The molecule has 1 heterocycles. The first-order valence-electron chi connectivity index (χ1n) is 9.52. The Morgan fingerprint density at radius 1 is 0.966 bits per heavy atom. The van der Waals surface area contributed by atoms with Crippen molar-refractivity contribution >= 4 is 27.9 Å². The fourth-order valence-electron chi connectivity index (χ4n) is 3.37. The lowest BCUT2D eigenvalue weighted by Crippen LogP contribution is -2.42. The normalized spacial score (nSPS) is 14.9. The number of hydrogen-bond donors (Lipinski definition) is 2. The summed E-state index contributed by atoms with van der Waals surface area (Å²) in [6.07, 6.45) is 2.53. The average Bonchev–Trinajstić information content (AvgIpc) is 2.71. The second-order valence-electron chi connectivity index (χ2n) is 7.14. The van der Waals surface area contributed by atoms with E-state index >= 15 is 0 Å². The summed E-state index contributed by atoms with van der Waals surface area (Å²) in [5.41, 5.74) is 2.82. The van der Waals surface area contributed by atoms with Gasteiger partial charge < -0.3 is 10.2 Å². The van der Waals surface area contributed by atoms with Crippen LogP contribution in [0.25, 0.3) is 0 Å². The standard InChI is InChI=1S/C20H25BrN2.C2H2O4/c1-22(15-17-5-3-2-4-6-17)20-11-13-23(14-12-20)16-18-7-9-19(21)10-8-18;3-1(4)2(5)6/h2-10,20H,11-16H2,1H3;(H,3,4)(H,5,6). The number of likely N-dealkylation sites (tertiary alicyclic amines) is 1. The summed E-state index contributed by atoms with van der Waals surface area (Å²) in [7, 11) is 2.27. The molecule has 6 nitrogen and oxygen atoms in total. The van der Waals surface area contributed by atoms with Crippen LogP contribution < -0.4 is 0 Å². The maximum Gasteiger partial charge on any atom is 0.414 e. The summed E-state index contributed by atoms with van der Waals surface area (Å²) < 4.78 is 1.16. The number of carboxylic acids is 2. The Hall–Kier alpha value is -2.22. The molecule has 0 aromatic heterocycles. The van der Waals surface area contributed by atoms with Crippen molar-refractivity contribution in [3.8, 4) is 0 Å². The Morgan fingerprint density at radius 2 is 1.52 bits per heavy atom. The summed E-state index contributed by atoms with van der Waals surface area (Å²) in [4.78, 5) is 23.3. The Morgan fingerprint density at radius 3 is 2.03 bits per heavy atom. The molecular weight excluding hydrogens is 436 g/mol. The Bertz CT molecular complexity index is 763. The Kier molecular flexibility index (Phi) is 9.31. The van der Waals surface area contributed by atoms with Crippen LogP contribution in [0.4, 0.5) is 0 Å². The summed E-state index contributed by atoms with van der Waals surface area (Å²) in [5, 5.41) is 14.8. The number of piperidine rings is 1. The van der Waals surface area contributed by atoms with E-state index < -0.39 is 11.9 Å². The van der Waals surface area contributed by atoms with E-state index in [2.05, 4.69) is 87.4 Å². The highest BCUT2D eigenvalue weighted by Gasteiger charge is 2.22. The zero-order valence-corrected chi connectivity index (χ0v) is 18.1. The van der Waals surface area contributed by atoms with E-state index in [4.69, 9.17) is 19.8 Å². The van der Waals surface area contributed by atoms with Gasteiger partial charge in [0, 0.05) is 23.6 Å². The molecule has 0 amide bonds. The van der Waals surface area contributed by atoms with Crippen molar-refractivity contribution in [2.75, 3.05) is 20.1 Å². The minimum absolute atomic E-state index is 0.705. The van der Waals surface area contributed by atoms with Crippen molar-refractivity contribution in [2.24, 2.45) is 0 Å². The summed E-state index contributed by atoms with van der Waals surface area (Å²) in [6, 6.07) is 20.2. The van der Waals surface area contributed by atoms with E-state index in [9.17, 15) is 0 Å². The first-order valence-corrected chi connectivity index (χ1v) is 10.3. The molecule has 1 saturated heterocycles. The number of rotatable bonds is 5. The van der Waals surface area contributed by atoms with Crippen LogP contribution in [0.3, 0.4) is 0 Å². The molecule has 2 N–H and O–H groups in total. The third kappa shape index (κ3) is 8.35. The fraction of sp³-hybridized carbons (Fsp3) is 0.364. The number of hydrogen-bond acceptors (Lipinski definition) is 4. The Balaban J connectivity index is 0.000000438. The van der Waals surface area contributed by atoms with Gasteiger partial charge in [0.15, 0.2) is 0 Å². The van der Waals surface area contributed by atoms with Gasteiger partial charge >= 0.3 is 11.9 Å². The average molecular weight is 463 g/mol. The molecule has 7 heteroatoms. The zero-order chi connectivity index (χ0) is 21.2. The number of halogens is 1. The highest BCUT2D eigenvalue weighted by atomic mass is 79.9. The van der Waals surface area contributed by atoms with E-state index in [1.54, 1.807) is 0 Å². The molecular formula is C22H27BrN2O4. The van der Waals surface area contributed by atoms with E-state index in [1.807, 2.05) is 0 Å². The molecule has 1 aliphatic rings. The minimum atomic E-state index is -1.82. The Labute approximate surface area is 179 Å². The lowest BCUT2D eigenvalue weighted by Gasteiger charge is -2.36. The molecule has 2 aromatic rings. The van der Waals surface area contributed by atoms with E-state index in [0.717, 1.165) is 17.6 Å². The van der Waals surface area contributed by atoms with Gasteiger partial charge in [0.05, 0.1) is 0 Å². The third-order valence-electron chi connectivity index (χ3n) is 4.96. The largest absolute Gasteiger partial charge is 0.473 e. The van der Waals surface area contributed by atoms with Crippen molar-refractivity contribution in [2.45, 2.75) is 32.0 Å². The maximum absolute atomic E-state index is 9.10. The molecule has 0 bridgehead atoms. The topological polar surface area (TPSA) is 81.1 Å². The molecule has 3 rings (SSSR count). The van der Waals surface area contributed by atoms with Gasteiger partial charge in [-0.05, 0) is 56.2 Å². The molecule has 1 aliphatic heterocycles. The number of aliphatic carboxylic acids is 2. The van der Waals surface area contributed by atoms with Crippen LogP contribution in [-0.4, -0.2) is 58.1 Å². The van der Waals surface area contributed by atoms with Crippen molar-refractivity contribution in [1.82, 2.24) is 9.80 Å². The van der Waals surface area contributed by atoms with Crippen LogP contribution in [0.5, 0.6) is 0 Å². The van der Waals surface area contributed by atoms with Gasteiger partial charge in [0.1, 0.15) is 0 Å². The van der Waals surface area contributed by atoms with Crippen LogP contribution in [0.2, 0.25) is 0 Å². The summed E-state index contributed by atoms with van der Waals surface area (Å²) >= 11 is 3.50. The molecule has 1 fully saturated rings. The van der Waals surface area contributed by atoms with Gasteiger partial charge in [-0.25, -0.2) is 9.59 Å². The summed E-state index contributed by atoms with van der Waals surface area (Å²) in [6.45, 7) is 4.51. The maximum atomic E-state index is 9.10. The smallest absolute Gasteiger partial charge is 0.414 e. The van der Waals surface area contributed by atoms with E-state index in [1.165, 1.54) is 37.1 Å². The monoisotopic (exact) mass is 462 g/mol. The third-order valence-corrected chi connectivity index (χ3v) is 5.49. The highest BCUT2D eigenvalue weighted by molar-refractivity contribution is 9.10. The predicted octanol–water partition coefficient (Wildman–Crippen LogP) is 3.70. The number of carbonyl (C=O) groups is 2. The van der Waals surface area contributed by atoms with Crippen LogP contribution in [0.15, 0.2) is 59.1 Å². The number of nitrogens with zero attached hydrogens (tertiary/aromatic N) is 2. The van der Waals surface area contributed by atoms with Crippen LogP contribution in [-0.2, 0) is 22.7 Å². The van der Waals surface area contributed by atoms with Crippen LogP contribution in [0, 0.1) is 0 Å². The summed E-state index contributed by atoms with van der Waals surface area (Å²) in [5.74, 6) is -3.65. The molecule has 0 unspecified atom stereocenters. The second-order valence-corrected chi connectivity index (χ2v) is 8.06. The molecule has 0 saturated carbocycles. The fourth-order valence-corrected chi connectivity index (χ4v) is 3.63. The molecule has 0 radical (unpaired) electrons. The van der Waals surface area contributed by atoms with E-state index in [0.29, 0.717) is 6.04 Å². The molecule has 156 valence electrons. The lowest BCUT2D eigenvalue weighted by molar-refractivity contribution is -0.159. The molecule has 0 aliphatic carbocycles. The van der Waals surface area contributed by atoms with Gasteiger partial charge in [0.25, 0.3) is 0 Å². The first kappa shape index (κ1) is 23.1. The second kappa shape index (κ2) is 11.7. The van der Waals surface area contributed by atoms with E-state index in [-0.39, 0.29) is 0 Å². The molecule has 2 aromatic carbocycles. The lowest BCUT2D eigenvalue weighted by atomic mass is 10.0. The predicted molar refractivity (Wildman–Crippen MR) is 116 cm³/mol. The first-order chi connectivity index (χ1) is 13.8. The van der Waals surface area contributed by atoms with Gasteiger partial charge in [-0.1, -0.05) is 58.4 Å². The van der Waals surface area contributed by atoms with Gasteiger partial charge in [-0.3, -0.25) is 9.80 Å². The SMILES string of the molecule is CN(Cc1ccccc1)C1CCN(Cc2ccc(Br)cc2)CC1.O=C(O)C(=O)O. The molecule has 0 atom stereocenters. The molecule has 29 heavy (non-hydrogen) atoms.